The molecule has 82 valence electrons. The molecular formula is C10H12F2N2O. The Morgan fingerprint density at radius 3 is 2.40 bits per heavy atom. The van der Waals surface area contributed by atoms with Crippen LogP contribution in [0.5, 0.6) is 0 Å². The van der Waals surface area contributed by atoms with E-state index in [1.165, 1.54) is 0 Å². The molecule has 1 aromatic rings. The molecule has 0 saturated carbocycles. The summed E-state index contributed by atoms with van der Waals surface area (Å²) in [5.41, 5.74) is 5.51. The first kappa shape index (κ1) is 11.6. The third-order valence-corrected chi connectivity index (χ3v) is 1.91. The Bertz CT molecular complexity index is 348. The van der Waals surface area contributed by atoms with Gasteiger partial charge in [0.05, 0.1) is 6.04 Å². The highest BCUT2D eigenvalue weighted by Gasteiger charge is 2.11. The van der Waals surface area contributed by atoms with Crippen LogP contribution in [-0.2, 0) is 4.79 Å². The van der Waals surface area contributed by atoms with Crippen LogP contribution in [0.25, 0.3) is 0 Å². The maximum Gasteiger partial charge on any atom is 0.241 e. The summed E-state index contributed by atoms with van der Waals surface area (Å²) in [5.74, 6) is -1.94. The van der Waals surface area contributed by atoms with Gasteiger partial charge in [0.2, 0.25) is 5.91 Å². The Labute approximate surface area is 86.3 Å². The molecule has 1 unspecified atom stereocenters. The number of carbonyl (C=O) groups is 1. The predicted octanol–water partition coefficient (Wildman–Crippen LogP) is 1.64. The van der Waals surface area contributed by atoms with Gasteiger partial charge in [-0.15, -0.1) is 0 Å². The van der Waals surface area contributed by atoms with Crippen molar-refractivity contribution in [3.05, 3.63) is 29.8 Å². The molecule has 0 spiro atoms. The number of hydrogen-bond acceptors (Lipinski definition) is 2. The SMILES string of the molecule is CCC(N)C(=O)Nc1cc(F)cc(F)c1. The fraction of sp³-hybridized carbons (Fsp3) is 0.300. The van der Waals surface area contributed by atoms with E-state index in [2.05, 4.69) is 5.32 Å². The first-order chi connectivity index (χ1) is 7.02. The summed E-state index contributed by atoms with van der Waals surface area (Å²) in [6.45, 7) is 1.75. The number of hydrogen-bond donors (Lipinski definition) is 2. The molecule has 0 aliphatic rings. The second-order valence-corrected chi connectivity index (χ2v) is 3.16. The van der Waals surface area contributed by atoms with Crippen LogP contribution in [0.4, 0.5) is 14.5 Å². The Morgan fingerprint density at radius 1 is 1.40 bits per heavy atom. The lowest BCUT2D eigenvalue weighted by atomic mass is 10.2. The molecule has 0 aliphatic heterocycles. The van der Waals surface area contributed by atoms with Crippen molar-refractivity contribution in [2.45, 2.75) is 19.4 Å². The van der Waals surface area contributed by atoms with Crippen molar-refractivity contribution in [3.8, 4) is 0 Å². The van der Waals surface area contributed by atoms with Gasteiger partial charge in [0, 0.05) is 11.8 Å². The van der Waals surface area contributed by atoms with Gasteiger partial charge in [0.25, 0.3) is 0 Å². The minimum absolute atomic E-state index is 0.0707. The van der Waals surface area contributed by atoms with Crippen LogP contribution >= 0.6 is 0 Å². The Balaban J connectivity index is 2.76. The van der Waals surface area contributed by atoms with Crippen molar-refractivity contribution in [1.29, 1.82) is 0 Å². The van der Waals surface area contributed by atoms with E-state index < -0.39 is 23.6 Å². The molecular weight excluding hydrogens is 202 g/mol. The number of benzene rings is 1. The van der Waals surface area contributed by atoms with Crippen molar-refractivity contribution in [1.82, 2.24) is 0 Å². The highest BCUT2D eigenvalue weighted by atomic mass is 19.1. The fourth-order valence-electron chi connectivity index (χ4n) is 1.05. The van der Waals surface area contributed by atoms with Crippen LogP contribution in [0.2, 0.25) is 0 Å². The maximum absolute atomic E-state index is 12.7. The van der Waals surface area contributed by atoms with Gasteiger partial charge in [-0.3, -0.25) is 4.79 Å². The van der Waals surface area contributed by atoms with E-state index in [1.54, 1.807) is 6.92 Å². The van der Waals surface area contributed by atoms with Gasteiger partial charge >= 0.3 is 0 Å². The molecule has 3 nitrogen and oxygen atoms in total. The average Bonchev–Trinajstić information content (AvgIpc) is 2.14. The molecule has 1 atom stereocenters. The lowest BCUT2D eigenvalue weighted by Crippen LogP contribution is -2.34. The first-order valence-electron chi connectivity index (χ1n) is 4.55. The zero-order valence-corrected chi connectivity index (χ0v) is 8.26. The summed E-state index contributed by atoms with van der Waals surface area (Å²) in [6, 6.07) is 2.12. The molecule has 0 aliphatic carbocycles. The lowest BCUT2D eigenvalue weighted by Gasteiger charge is -2.09. The molecule has 15 heavy (non-hydrogen) atoms. The van der Waals surface area contributed by atoms with Crippen LogP contribution in [0.1, 0.15) is 13.3 Å². The van der Waals surface area contributed by atoms with Crippen molar-refractivity contribution in [2.75, 3.05) is 5.32 Å². The number of halogens is 2. The van der Waals surface area contributed by atoms with Crippen molar-refractivity contribution >= 4 is 11.6 Å². The highest BCUT2D eigenvalue weighted by molar-refractivity contribution is 5.94. The van der Waals surface area contributed by atoms with E-state index in [-0.39, 0.29) is 5.69 Å². The summed E-state index contributed by atoms with van der Waals surface area (Å²) in [5, 5.41) is 2.33. The standard InChI is InChI=1S/C10H12F2N2O/c1-2-9(13)10(15)14-8-4-6(11)3-7(12)5-8/h3-5,9H,2,13H2,1H3,(H,14,15). The number of rotatable bonds is 3. The van der Waals surface area contributed by atoms with Gasteiger partial charge in [-0.1, -0.05) is 6.92 Å². The number of nitrogens with two attached hydrogens (primary N) is 1. The molecule has 0 aromatic heterocycles. The van der Waals surface area contributed by atoms with E-state index in [1.807, 2.05) is 0 Å². The molecule has 0 fully saturated rings. The van der Waals surface area contributed by atoms with Gasteiger partial charge in [0.1, 0.15) is 11.6 Å². The Morgan fingerprint density at radius 2 is 1.93 bits per heavy atom. The summed E-state index contributed by atoms with van der Waals surface area (Å²) in [6.07, 6.45) is 0.462. The molecule has 3 N–H and O–H groups in total. The zero-order valence-electron chi connectivity index (χ0n) is 8.26. The number of anilines is 1. The summed E-state index contributed by atoms with van der Waals surface area (Å²) in [7, 11) is 0. The summed E-state index contributed by atoms with van der Waals surface area (Å²) < 4.78 is 25.5. The third kappa shape index (κ3) is 3.28. The van der Waals surface area contributed by atoms with E-state index in [0.29, 0.717) is 6.42 Å². The number of amides is 1. The molecule has 0 radical (unpaired) electrons. The molecule has 1 rings (SSSR count). The van der Waals surface area contributed by atoms with Gasteiger partial charge in [-0.25, -0.2) is 8.78 Å². The van der Waals surface area contributed by atoms with Crippen molar-refractivity contribution < 1.29 is 13.6 Å². The van der Waals surface area contributed by atoms with Gasteiger partial charge in [-0.05, 0) is 18.6 Å². The second-order valence-electron chi connectivity index (χ2n) is 3.16. The largest absolute Gasteiger partial charge is 0.325 e. The van der Waals surface area contributed by atoms with Crippen molar-refractivity contribution in [3.63, 3.8) is 0 Å². The monoisotopic (exact) mass is 214 g/mol. The molecule has 0 bridgehead atoms. The van der Waals surface area contributed by atoms with Crippen LogP contribution in [0.3, 0.4) is 0 Å². The average molecular weight is 214 g/mol. The molecule has 1 amide bonds. The topological polar surface area (TPSA) is 55.1 Å². The normalized spacial score (nSPS) is 12.3. The number of carbonyl (C=O) groups excluding carboxylic acids is 1. The minimum Gasteiger partial charge on any atom is -0.325 e. The van der Waals surface area contributed by atoms with Crippen LogP contribution in [0.15, 0.2) is 18.2 Å². The van der Waals surface area contributed by atoms with Crippen LogP contribution < -0.4 is 11.1 Å². The number of nitrogens with one attached hydrogen (secondary N) is 1. The third-order valence-electron chi connectivity index (χ3n) is 1.91. The van der Waals surface area contributed by atoms with E-state index >= 15 is 0 Å². The van der Waals surface area contributed by atoms with Crippen molar-refractivity contribution in [2.24, 2.45) is 5.73 Å². The lowest BCUT2D eigenvalue weighted by molar-refractivity contribution is -0.117. The first-order valence-corrected chi connectivity index (χ1v) is 4.55. The fourth-order valence-corrected chi connectivity index (χ4v) is 1.05. The van der Waals surface area contributed by atoms with Gasteiger partial charge in [-0.2, -0.15) is 0 Å². The summed E-state index contributed by atoms with van der Waals surface area (Å²) >= 11 is 0. The molecule has 0 saturated heterocycles. The van der Waals surface area contributed by atoms with Gasteiger partial charge < -0.3 is 11.1 Å². The zero-order chi connectivity index (χ0) is 11.4. The maximum atomic E-state index is 12.7. The van der Waals surface area contributed by atoms with E-state index in [9.17, 15) is 13.6 Å². The molecule has 1 aromatic carbocycles. The van der Waals surface area contributed by atoms with E-state index in [4.69, 9.17) is 5.73 Å². The second kappa shape index (κ2) is 4.84. The van der Waals surface area contributed by atoms with Crippen LogP contribution in [-0.4, -0.2) is 11.9 Å². The highest BCUT2D eigenvalue weighted by Crippen LogP contribution is 2.13. The molecule has 5 heteroatoms. The van der Waals surface area contributed by atoms with E-state index in [0.717, 1.165) is 18.2 Å². The predicted molar refractivity (Wildman–Crippen MR) is 53.3 cm³/mol. The quantitative estimate of drug-likeness (QED) is 0.803. The Hall–Kier alpha value is -1.49. The smallest absolute Gasteiger partial charge is 0.241 e. The minimum atomic E-state index is -0.740. The van der Waals surface area contributed by atoms with Gasteiger partial charge in [0.15, 0.2) is 0 Å². The summed E-state index contributed by atoms with van der Waals surface area (Å²) in [4.78, 5) is 11.3. The molecule has 0 heterocycles. The van der Waals surface area contributed by atoms with Crippen LogP contribution in [0, 0.1) is 11.6 Å². The Kier molecular flexibility index (Phi) is 3.74.